The second-order valence-corrected chi connectivity index (χ2v) is 5.94. The van der Waals surface area contributed by atoms with Gasteiger partial charge in [-0.05, 0) is 56.8 Å². The molecule has 1 saturated heterocycles. The first-order chi connectivity index (χ1) is 9.66. The first-order valence-corrected chi connectivity index (χ1v) is 7.47. The normalized spacial score (nSPS) is 16.7. The number of hydrogen-bond acceptors (Lipinski definition) is 2. The molecule has 0 saturated carbocycles. The molecule has 1 fully saturated rings. The van der Waals surface area contributed by atoms with Gasteiger partial charge in [-0.2, -0.15) is 0 Å². The molecule has 1 aromatic carbocycles. The number of nitrogens with one attached hydrogen (secondary N) is 1. The smallest absolute Gasteiger partial charge is 0.251 e. The lowest BCUT2D eigenvalue weighted by Crippen LogP contribution is -2.32. The van der Waals surface area contributed by atoms with E-state index in [1.165, 1.54) is 10.9 Å². The average molecular weight is 270 g/mol. The third-order valence-electron chi connectivity index (χ3n) is 4.44. The van der Waals surface area contributed by atoms with Crippen LogP contribution >= 0.6 is 0 Å². The summed E-state index contributed by atoms with van der Waals surface area (Å²) in [4.78, 5) is 12.4. The van der Waals surface area contributed by atoms with Crippen LogP contribution in [-0.2, 0) is 6.54 Å². The molecule has 2 aromatic rings. The summed E-state index contributed by atoms with van der Waals surface area (Å²) in [5.41, 5.74) is 3.53. The van der Waals surface area contributed by atoms with E-state index in [0.717, 1.165) is 43.6 Å². The molecular formula is C17H22N2O. The van der Waals surface area contributed by atoms with E-state index in [9.17, 15) is 4.79 Å². The van der Waals surface area contributed by atoms with Gasteiger partial charge in [0.15, 0.2) is 0 Å². The fourth-order valence-corrected chi connectivity index (χ4v) is 3.29. The van der Waals surface area contributed by atoms with Gasteiger partial charge in [0.05, 0.1) is 5.52 Å². The third kappa shape index (κ3) is 2.38. The summed E-state index contributed by atoms with van der Waals surface area (Å²) in [6.45, 7) is 7.12. The first-order valence-electron chi connectivity index (χ1n) is 7.47. The second kappa shape index (κ2) is 5.41. The molecule has 1 aromatic heterocycles. The van der Waals surface area contributed by atoms with Crippen molar-refractivity contribution in [3.63, 3.8) is 0 Å². The Morgan fingerprint density at radius 3 is 2.70 bits per heavy atom. The third-order valence-corrected chi connectivity index (χ3v) is 4.44. The SMILES string of the molecule is Cc1cc(=O)n(CC2CCNCC2)c2c(C)cccc12. The number of benzene rings is 1. The van der Waals surface area contributed by atoms with Crippen molar-refractivity contribution >= 4 is 10.9 Å². The van der Waals surface area contributed by atoms with Gasteiger partial charge in [-0.15, -0.1) is 0 Å². The standard InChI is InChI=1S/C17H22N2O/c1-12-4-3-5-15-13(2)10-16(20)19(17(12)15)11-14-6-8-18-9-7-14/h3-5,10,14,18H,6-9,11H2,1-2H3. The number of rotatable bonds is 2. The Morgan fingerprint density at radius 2 is 1.95 bits per heavy atom. The van der Waals surface area contributed by atoms with Crippen molar-refractivity contribution in [3.8, 4) is 0 Å². The molecule has 0 bridgehead atoms. The Bertz CT molecular complexity index is 681. The molecular weight excluding hydrogens is 248 g/mol. The Hall–Kier alpha value is -1.61. The van der Waals surface area contributed by atoms with Gasteiger partial charge in [-0.25, -0.2) is 0 Å². The molecule has 0 unspecified atom stereocenters. The maximum absolute atomic E-state index is 12.4. The predicted octanol–water partition coefficient (Wildman–Crippen LogP) is 2.62. The topological polar surface area (TPSA) is 34.0 Å². The zero-order valence-corrected chi connectivity index (χ0v) is 12.3. The minimum atomic E-state index is 0.142. The van der Waals surface area contributed by atoms with Crippen molar-refractivity contribution in [2.75, 3.05) is 13.1 Å². The predicted molar refractivity (Wildman–Crippen MR) is 83.3 cm³/mol. The lowest BCUT2D eigenvalue weighted by Gasteiger charge is -2.24. The van der Waals surface area contributed by atoms with E-state index in [2.05, 4.69) is 30.4 Å². The average Bonchev–Trinajstić information content (AvgIpc) is 2.45. The Labute approximate surface area is 119 Å². The van der Waals surface area contributed by atoms with Gasteiger partial charge >= 0.3 is 0 Å². The Balaban J connectivity index is 2.11. The van der Waals surface area contributed by atoms with Crippen molar-refractivity contribution in [2.45, 2.75) is 33.2 Å². The van der Waals surface area contributed by atoms with Gasteiger partial charge in [0.1, 0.15) is 0 Å². The Morgan fingerprint density at radius 1 is 1.20 bits per heavy atom. The van der Waals surface area contributed by atoms with Crippen LogP contribution in [0, 0.1) is 19.8 Å². The number of aromatic nitrogens is 1. The minimum absolute atomic E-state index is 0.142. The fraction of sp³-hybridized carbons (Fsp3) is 0.471. The maximum atomic E-state index is 12.4. The van der Waals surface area contributed by atoms with E-state index in [0.29, 0.717) is 5.92 Å². The van der Waals surface area contributed by atoms with Gasteiger partial charge in [-0.3, -0.25) is 4.79 Å². The van der Waals surface area contributed by atoms with Crippen LogP contribution in [0.5, 0.6) is 0 Å². The van der Waals surface area contributed by atoms with Crippen LogP contribution in [0.1, 0.15) is 24.0 Å². The zero-order valence-electron chi connectivity index (χ0n) is 12.3. The summed E-state index contributed by atoms with van der Waals surface area (Å²) in [5.74, 6) is 0.611. The molecule has 0 spiro atoms. The summed E-state index contributed by atoms with van der Waals surface area (Å²) >= 11 is 0. The molecule has 3 nitrogen and oxygen atoms in total. The van der Waals surface area contributed by atoms with Gasteiger partial charge in [0, 0.05) is 18.0 Å². The van der Waals surface area contributed by atoms with Crippen molar-refractivity contribution < 1.29 is 0 Å². The lowest BCUT2D eigenvalue weighted by molar-refractivity contribution is 0.333. The number of fused-ring (bicyclic) bond motifs is 1. The van der Waals surface area contributed by atoms with Crippen molar-refractivity contribution in [1.29, 1.82) is 0 Å². The molecule has 0 radical (unpaired) electrons. The molecule has 1 aliphatic rings. The summed E-state index contributed by atoms with van der Waals surface area (Å²) in [6.07, 6.45) is 2.32. The van der Waals surface area contributed by atoms with Gasteiger partial charge in [0.25, 0.3) is 5.56 Å². The number of piperidine rings is 1. The molecule has 106 valence electrons. The van der Waals surface area contributed by atoms with Crippen LogP contribution in [-0.4, -0.2) is 17.7 Å². The molecule has 0 amide bonds. The summed E-state index contributed by atoms with van der Waals surface area (Å²) in [5, 5.41) is 4.59. The highest BCUT2D eigenvalue weighted by Gasteiger charge is 2.16. The molecule has 1 N–H and O–H groups in total. The highest BCUT2D eigenvalue weighted by Crippen LogP contribution is 2.22. The van der Waals surface area contributed by atoms with Crippen LogP contribution in [0.4, 0.5) is 0 Å². The highest BCUT2D eigenvalue weighted by atomic mass is 16.1. The molecule has 0 aliphatic carbocycles. The summed E-state index contributed by atoms with van der Waals surface area (Å²) in [6, 6.07) is 8.07. The number of nitrogens with zero attached hydrogens (tertiary/aromatic N) is 1. The van der Waals surface area contributed by atoms with Crippen LogP contribution < -0.4 is 10.9 Å². The summed E-state index contributed by atoms with van der Waals surface area (Å²) in [7, 11) is 0. The minimum Gasteiger partial charge on any atom is -0.317 e. The van der Waals surface area contributed by atoms with E-state index in [1.54, 1.807) is 6.07 Å². The number of hydrogen-bond donors (Lipinski definition) is 1. The molecule has 1 aliphatic heterocycles. The van der Waals surface area contributed by atoms with Crippen LogP contribution in [0.2, 0.25) is 0 Å². The number of pyridine rings is 1. The van der Waals surface area contributed by atoms with E-state index >= 15 is 0 Å². The Kier molecular flexibility index (Phi) is 3.62. The molecule has 0 atom stereocenters. The lowest BCUT2D eigenvalue weighted by atomic mass is 9.97. The first kappa shape index (κ1) is 13.4. The van der Waals surface area contributed by atoms with Crippen molar-refractivity contribution in [1.82, 2.24) is 9.88 Å². The molecule has 3 heteroatoms. The van der Waals surface area contributed by atoms with E-state index < -0.39 is 0 Å². The van der Waals surface area contributed by atoms with Crippen LogP contribution in [0.25, 0.3) is 10.9 Å². The second-order valence-electron chi connectivity index (χ2n) is 5.94. The van der Waals surface area contributed by atoms with Gasteiger partial charge in [0.2, 0.25) is 0 Å². The van der Waals surface area contributed by atoms with Gasteiger partial charge in [-0.1, -0.05) is 18.2 Å². The number of aryl methyl sites for hydroxylation is 2. The highest BCUT2D eigenvalue weighted by molar-refractivity contribution is 5.85. The molecule has 3 rings (SSSR count). The van der Waals surface area contributed by atoms with Crippen LogP contribution in [0.3, 0.4) is 0 Å². The quantitative estimate of drug-likeness (QED) is 0.910. The summed E-state index contributed by atoms with van der Waals surface area (Å²) < 4.78 is 1.99. The van der Waals surface area contributed by atoms with Crippen LogP contribution in [0.15, 0.2) is 29.1 Å². The van der Waals surface area contributed by atoms with Gasteiger partial charge < -0.3 is 9.88 Å². The largest absolute Gasteiger partial charge is 0.317 e. The van der Waals surface area contributed by atoms with E-state index in [4.69, 9.17) is 0 Å². The fourth-order valence-electron chi connectivity index (χ4n) is 3.29. The molecule has 20 heavy (non-hydrogen) atoms. The van der Waals surface area contributed by atoms with Crippen molar-refractivity contribution in [3.05, 3.63) is 45.7 Å². The zero-order chi connectivity index (χ0) is 14.1. The maximum Gasteiger partial charge on any atom is 0.251 e. The van der Waals surface area contributed by atoms with E-state index in [1.807, 2.05) is 11.5 Å². The van der Waals surface area contributed by atoms with Crippen molar-refractivity contribution in [2.24, 2.45) is 5.92 Å². The monoisotopic (exact) mass is 270 g/mol. The number of para-hydroxylation sites is 1. The molecule has 2 heterocycles. The van der Waals surface area contributed by atoms with E-state index in [-0.39, 0.29) is 5.56 Å².